The van der Waals surface area contributed by atoms with E-state index in [9.17, 15) is 9.59 Å². The monoisotopic (exact) mass is 421 g/mol. The smallest absolute Gasteiger partial charge is 0.258 e. The molecule has 1 saturated heterocycles. The quantitative estimate of drug-likeness (QED) is 0.727. The second-order valence-electron chi connectivity index (χ2n) is 7.67. The van der Waals surface area contributed by atoms with Crippen LogP contribution in [0, 0.1) is 0 Å². The molecule has 2 heterocycles. The van der Waals surface area contributed by atoms with Crippen molar-refractivity contribution in [3.63, 3.8) is 0 Å². The predicted octanol–water partition coefficient (Wildman–Crippen LogP) is 2.81. The van der Waals surface area contributed by atoms with E-state index in [0.29, 0.717) is 38.3 Å². The molecule has 2 aliphatic rings. The minimum atomic E-state index is -0.255. The Morgan fingerprint density at radius 3 is 2.39 bits per heavy atom. The topological polar surface area (TPSA) is 71.1 Å². The van der Waals surface area contributed by atoms with Crippen LogP contribution < -0.4 is 5.48 Å². The molecule has 2 amide bonds. The van der Waals surface area contributed by atoms with Gasteiger partial charge in [-0.25, -0.2) is 0 Å². The van der Waals surface area contributed by atoms with E-state index in [1.54, 1.807) is 11.1 Å². The zero-order valence-corrected chi connectivity index (χ0v) is 17.6. The largest absolute Gasteiger partial charge is 0.378 e. The van der Waals surface area contributed by atoms with Gasteiger partial charge in [-0.2, -0.15) is 0 Å². The zero-order valence-electron chi connectivity index (χ0n) is 17.6. The van der Waals surface area contributed by atoms with Gasteiger partial charge >= 0.3 is 0 Å². The van der Waals surface area contributed by atoms with Gasteiger partial charge in [-0.1, -0.05) is 42.5 Å². The lowest BCUT2D eigenvalue weighted by Gasteiger charge is -2.30. The lowest BCUT2D eigenvalue weighted by atomic mass is 10.0. The van der Waals surface area contributed by atoms with E-state index < -0.39 is 0 Å². The van der Waals surface area contributed by atoms with Gasteiger partial charge in [0.25, 0.3) is 5.91 Å². The molecule has 0 aliphatic carbocycles. The van der Waals surface area contributed by atoms with Crippen LogP contribution in [0.4, 0.5) is 0 Å². The Kier molecular flexibility index (Phi) is 6.64. The maximum absolute atomic E-state index is 13.3. The average Bonchev–Trinajstić information content (AvgIpc) is 3.22. The first-order chi connectivity index (χ1) is 15.2. The Morgan fingerprint density at radius 2 is 1.71 bits per heavy atom. The van der Waals surface area contributed by atoms with Crippen LogP contribution in [-0.4, -0.2) is 61.1 Å². The van der Waals surface area contributed by atoms with Crippen LogP contribution >= 0.6 is 0 Å². The molecule has 0 saturated carbocycles. The molecular formula is C24H27N3O4. The number of carbonyl (C=O) groups excluding carboxylic acids is 2. The molecule has 162 valence electrons. The highest BCUT2D eigenvalue weighted by molar-refractivity contribution is 5.96. The van der Waals surface area contributed by atoms with E-state index in [1.807, 2.05) is 59.5 Å². The normalized spacial score (nSPS) is 18.6. The second-order valence-corrected chi connectivity index (χ2v) is 7.67. The molecule has 31 heavy (non-hydrogen) atoms. The van der Waals surface area contributed by atoms with Gasteiger partial charge in [0.2, 0.25) is 5.91 Å². The van der Waals surface area contributed by atoms with Gasteiger partial charge in [-0.3, -0.25) is 19.9 Å². The number of nitrogens with zero attached hydrogens (tertiary/aromatic N) is 2. The van der Waals surface area contributed by atoms with Gasteiger partial charge in [0, 0.05) is 37.7 Å². The van der Waals surface area contributed by atoms with Crippen molar-refractivity contribution in [2.75, 3.05) is 33.4 Å². The summed E-state index contributed by atoms with van der Waals surface area (Å²) in [6.07, 6.45) is 2.55. The van der Waals surface area contributed by atoms with Crippen molar-refractivity contribution >= 4 is 11.8 Å². The van der Waals surface area contributed by atoms with Crippen LogP contribution in [0.25, 0.3) is 11.1 Å². The van der Waals surface area contributed by atoms with Crippen LogP contribution in [0.5, 0.6) is 0 Å². The van der Waals surface area contributed by atoms with Gasteiger partial charge in [0.1, 0.15) is 0 Å². The van der Waals surface area contributed by atoms with E-state index in [0.717, 1.165) is 16.8 Å². The van der Waals surface area contributed by atoms with Crippen LogP contribution in [0.3, 0.4) is 0 Å². The minimum absolute atomic E-state index is 0.0394. The van der Waals surface area contributed by atoms with Crippen LogP contribution in [0.15, 0.2) is 66.5 Å². The van der Waals surface area contributed by atoms with Gasteiger partial charge in [-0.05, 0) is 23.3 Å². The molecule has 1 N–H and O–H groups in total. The number of nitrogens with one attached hydrogen (secondary N) is 1. The molecule has 0 spiro atoms. The standard InChI is InChI=1S/C24H27N3O4/c1-30-25-21-15-22(16-23(28)26-11-13-31-14-12-26)27(17-21)24(29)20-9-7-19(8-10-20)18-5-3-2-4-6-18/h2-10,17,22,25H,11-16H2,1H3. The number of carbonyl (C=O) groups is 2. The summed E-state index contributed by atoms with van der Waals surface area (Å²) in [6, 6.07) is 17.3. The highest BCUT2D eigenvalue weighted by atomic mass is 16.6. The molecule has 0 aromatic heterocycles. The minimum Gasteiger partial charge on any atom is -0.378 e. The van der Waals surface area contributed by atoms with Gasteiger partial charge in [0.05, 0.1) is 32.1 Å². The number of hydrogen-bond acceptors (Lipinski definition) is 5. The van der Waals surface area contributed by atoms with E-state index in [-0.39, 0.29) is 24.3 Å². The summed E-state index contributed by atoms with van der Waals surface area (Å²) in [5, 5.41) is 0. The predicted molar refractivity (Wildman–Crippen MR) is 117 cm³/mol. The lowest BCUT2D eigenvalue weighted by Crippen LogP contribution is -2.44. The summed E-state index contributed by atoms with van der Waals surface area (Å²) >= 11 is 0. The number of benzene rings is 2. The second kappa shape index (κ2) is 9.76. The van der Waals surface area contributed by atoms with E-state index in [4.69, 9.17) is 9.57 Å². The van der Waals surface area contributed by atoms with Crippen molar-refractivity contribution in [3.8, 4) is 11.1 Å². The van der Waals surface area contributed by atoms with Crippen molar-refractivity contribution in [2.45, 2.75) is 18.9 Å². The maximum Gasteiger partial charge on any atom is 0.258 e. The Hall–Kier alpha value is -3.16. The fraction of sp³-hybridized carbons (Fsp3) is 0.333. The molecule has 1 fully saturated rings. The molecule has 7 nitrogen and oxygen atoms in total. The summed E-state index contributed by atoms with van der Waals surface area (Å²) in [4.78, 5) is 34.5. The third-order valence-corrected chi connectivity index (χ3v) is 5.62. The molecule has 0 radical (unpaired) electrons. The highest BCUT2D eigenvalue weighted by Crippen LogP contribution is 2.27. The van der Waals surface area contributed by atoms with E-state index in [2.05, 4.69) is 5.48 Å². The molecule has 2 aromatic carbocycles. The molecule has 2 aliphatic heterocycles. The Labute approximate surface area is 182 Å². The van der Waals surface area contributed by atoms with Gasteiger partial charge in [-0.15, -0.1) is 0 Å². The molecular weight excluding hydrogens is 394 g/mol. The Balaban J connectivity index is 1.49. The fourth-order valence-corrected chi connectivity index (χ4v) is 4.00. The van der Waals surface area contributed by atoms with Crippen molar-refractivity contribution in [2.24, 2.45) is 0 Å². The van der Waals surface area contributed by atoms with Crippen LogP contribution in [-0.2, 0) is 14.4 Å². The number of hydroxylamine groups is 1. The third-order valence-electron chi connectivity index (χ3n) is 5.62. The highest BCUT2D eigenvalue weighted by Gasteiger charge is 2.33. The SMILES string of the molecule is CONC1=CN(C(=O)c2ccc(-c3ccccc3)cc2)C(CC(=O)N2CCOCC2)C1. The van der Waals surface area contributed by atoms with Crippen LogP contribution in [0.2, 0.25) is 0 Å². The summed E-state index contributed by atoms with van der Waals surface area (Å²) in [5.41, 5.74) is 6.32. The Morgan fingerprint density at radius 1 is 1.03 bits per heavy atom. The van der Waals surface area contributed by atoms with E-state index in [1.165, 1.54) is 7.11 Å². The van der Waals surface area contributed by atoms with Gasteiger partial charge < -0.3 is 14.5 Å². The molecule has 2 aromatic rings. The molecule has 1 unspecified atom stereocenters. The number of hydrogen-bond donors (Lipinski definition) is 1. The molecule has 0 bridgehead atoms. The number of rotatable bonds is 6. The molecule has 7 heteroatoms. The summed E-state index contributed by atoms with van der Waals surface area (Å²) in [5.74, 6) is -0.0927. The van der Waals surface area contributed by atoms with Crippen molar-refractivity contribution < 1.29 is 19.2 Å². The number of morpholine rings is 1. The number of amides is 2. The average molecular weight is 421 g/mol. The molecule has 4 rings (SSSR count). The summed E-state index contributed by atoms with van der Waals surface area (Å²) in [6.45, 7) is 2.30. The van der Waals surface area contributed by atoms with Crippen molar-refractivity contribution in [3.05, 3.63) is 72.1 Å². The third kappa shape index (κ3) is 4.95. The Bertz CT molecular complexity index is 937. The van der Waals surface area contributed by atoms with Gasteiger partial charge in [0.15, 0.2) is 0 Å². The first-order valence-corrected chi connectivity index (χ1v) is 10.5. The number of ether oxygens (including phenoxy) is 1. The summed E-state index contributed by atoms with van der Waals surface area (Å²) in [7, 11) is 1.53. The first kappa shape index (κ1) is 21.1. The van der Waals surface area contributed by atoms with Crippen LogP contribution in [0.1, 0.15) is 23.2 Å². The lowest BCUT2D eigenvalue weighted by molar-refractivity contribution is -0.136. The first-order valence-electron chi connectivity index (χ1n) is 10.5. The maximum atomic E-state index is 13.3. The van der Waals surface area contributed by atoms with Crippen molar-refractivity contribution in [1.82, 2.24) is 15.3 Å². The van der Waals surface area contributed by atoms with Crippen molar-refractivity contribution in [1.29, 1.82) is 0 Å². The molecule has 1 atom stereocenters. The fourth-order valence-electron chi connectivity index (χ4n) is 4.00. The summed E-state index contributed by atoms with van der Waals surface area (Å²) < 4.78 is 5.33. The van der Waals surface area contributed by atoms with E-state index >= 15 is 0 Å². The zero-order chi connectivity index (χ0) is 21.6.